The number of alkyl halides is 3. The topological polar surface area (TPSA) is 58.2 Å². The largest absolute Gasteiger partial charge is 0.417 e. The Morgan fingerprint density at radius 2 is 1.44 bits per heavy atom. The van der Waals surface area contributed by atoms with Crippen molar-refractivity contribution in [1.82, 2.24) is 0 Å². The van der Waals surface area contributed by atoms with E-state index in [1.54, 1.807) is 0 Å². The van der Waals surface area contributed by atoms with E-state index >= 15 is 0 Å². The van der Waals surface area contributed by atoms with Crippen molar-refractivity contribution in [1.29, 1.82) is 0 Å². The summed E-state index contributed by atoms with van der Waals surface area (Å²) in [6.07, 6.45) is -5.29. The Morgan fingerprint density at radius 3 is 2.00 bits per heavy atom. The van der Waals surface area contributed by atoms with Gasteiger partial charge in [-0.05, 0) is 42.5 Å². The van der Waals surface area contributed by atoms with Crippen molar-refractivity contribution in [3.05, 3.63) is 58.9 Å². The molecular weight excluding hydrogens is 364 g/mol. The molecule has 0 aliphatic rings. The maximum atomic E-state index is 12.8. The van der Waals surface area contributed by atoms with E-state index in [-0.39, 0.29) is 11.4 Å². The van der Waals surface area contributed by atoms with E-state index in [0.717, 1.165) is 18.2 Å². The van der Waals surface area contributed by atoms with E-state index in [9.17, 15) is 27.2 Å². The molecule has 0 radical (unpaired) electrons. The van der Waals surface area contributed by atoms with Crippen molar-refractivity contribution in [2.24, 2.45) is 0 Å². The molecule has 0 bridgehead atoms. The van der Waals surface area contributed by atoms with Gasteiger partial charge in [0.1, 0.15) is 12.2 Å². The summed E-state index contributed by atoms with van der Waals surface area (Å²) in [5.41, 5.74) is -0.955. The van der Waals surface area contributed by atoms with Crippen LogP contribution in [-0.4, -0.2) is 11.8 Å². The van der Waals surface area contributed by atoms with Crippen LogP contribution in [0.3, 0.4) is 0 Å². The van der Waals surface area contributed by atoms with Gasteiger partial charge >= 0.3 is 6.18 Å². The van der Waals surface area contributed by atoms with Crippen LogP contribution in [0.15, 0.2) is 42.5 Å². The molecule has 0 heterocycles. The zero-order valence-electron chi connectivity index (χ0n) is 12.5. The van der Waals surface area contributed by atoms with E-state index < -0.39 is 40.8 Å². The quantitative estimate of drug-likeness (QED) is 0.613. The van der Waals surface area contributed by atoms with Crippen LogP contribution < -0.4 is 10.6 Å². The van der Waals surface area contributed by atoms with Crippen molar-refractivity contribution in [2.45, 2.75) is 12.6 Å². The van der Waals surface area contributed by atoms with E-state index in [1.807, 2.05) is 0 Å². The Hall–Kier alpha value is -2.61. The van der Waals surface area contributed by atoms with Gasteiger partial charge in [-0.3, -0.25) is 9.59 Å². The minimum Gasteiger partial charge on any atom is -0.326 e. The number of hydrogen-bond donors (Lipinski definition) is 2. The smallest absolute Gasteiger partial charge is 0.326 e. The minimum atomic E-state index is -4.67. The zero-order chi connectivity index (χ0) is 18.6. The summed E-state index contributed by atoms with van der Waals surface area (Å²) < 4.78 is 51.0. The minimum absolute atomic E-state index is 0.142. The lowest BCUT2D eigenvalue weighted by atomic mass is 10.2. The molecule has 0 unspecified atom stereocenters. The van der Waals surface area contributed by atoms with Crippen LogP contribution in [0.5, 0.6) is 0 Å². The van der Waals surface area contributed by atoms with E-state index in [1.165, 1.54) is 18.2 Å². The molecule has 25 heavy (non-hydrogen) atoms. The fourth-order valence-corrected chi connectivity index (χ4v) is 2.13. The van der Waals surface area contributed by atoms with Gasteiger partial charge in [-0.1, -0.05) is 11.6 Å². The molecule has 0 fully saturated rings. The monoisotopic (exact) mass is 374 g/mol. The second kappa shape index (κ2) is 7.52. The van der Waals surface area contributed by atoms with Crippen LogP contribution >= 0.6 is 11.6 Å². The summed E-state index contributed by atoms with van der Waals surface area (Å²) in [6.45, 7) is 0. The maximum Gasteiger partial charge on any atom is 0.417 e. The fourth-order valence-electron chi connectivity index (χ4n) is 1.91. The molecule has 4 nitrogen and oxygen atoms in total. The normalized spacial score (nSPS) is 11.1. The summed E-state index contributed by atoms with van der Waals surface area (Å²) in [5.74, 6) is -2.00. The summed E-state index contributed by atoms with van der Waals surface area (Å²) in [4.78, 5) is 23.5. The van der Waals surface area contributed by atoms with Crippen molar-refractivity contribution in [3.63, 3.8) is 0 Å². The first-order valence-electron chi connectivity index (χ1n) is 6.87. The second-order valence-electron chi connectivity index (χ2n) is 4.97. The summed E-state index contributed by atoms with van der Waals surface area (Å²) in [5, 5.41) is 4.05. The molecule has 0 aromatic heterocycles. The number of amides is 2. The molecule has 0 spiro atoms. The highest BCUT2D eigenvalue weighted by molar-refractivity contribution is 6.31. The zero-order valence-corrected chi connectivity index (χ0v) is 13.2. The van der Waals surface area contributed by atoms with Crippen molar-refractivity contribution in [2.75, 3.05) is 10.6 Å². The lowest BCUT2D eigenvalue weighted by molar-refractivity contribution is -0.137. The van der Waals surface area contributed by atoms with Gasteiger partial charge in [0.2, 0.25) is 11.8 Å². The average molecular weight is 375 g/mol. The van der Waals surface area contributed by atoms with Gasteiger partial charge in [0.25, 0.3) is 0 Å². The van der Waals surface area contributed by atoms with Gasteiger partial charge in [-0.25, -0.2) is 4.39 Å². The molecule has 0 saturated heterocycles. The van der Waals surface area contributed by atoms with Crippen LogP contribution in [-0.2, 0) is 15.8 Å². The molecule has 2 aromatic carbocycles. The molecule has 0 atom stereocenters. The van der Waals surface area contributed by atoms with E-state index in [0.29, 0.717) is 6.07 Å². The van der Waals surface area contributed by atoms with Gasteiger partial charge in [0.05, 0.1) is 10.6 Å². The highest BCUT2D eigenvalue weighted by atomic mass is 35.5. The Balaban J connectivity index is 1.98. The van der Waals surface area contributed by atoms with Gasteiger partial charge in [0.15, 0.2) is 0 Å². The molecule has 2 N–H and O–H groups in total. The molecule has 0 saturated carbocycles. The number of halogens is 5. The Kier molecular flexibility index (Phi) is 5.63. The standard InChI is InChI=1S/C16H11ClF4N2O2/c17-13-6-5-11(7-12(13)16(19,20)21)23-15(25)8-14(24)22-10-3-1-9(18)2-4-10/h1-7H,8H2,(H,22,24)(H,23,25). The van der Waals surface area contributed by atoms with Crippen LogP contribution in [0.25, 0.3) is 0 Å². The second-order valence-corrected chi connectivity index (χ2v) is 5.38. The Labute approximate surface area is 144 Å². The average Bonchev–Trinajstić information content (AvgIpc) is 2.50. The van der Waals surface area contributed by atoms with E-state index in [2.05, 4.69) is 10.6 Å². The maximum absolute atomic E-state index is 12.8. The highest BCUT2D eigenvalue weighted by Gasteiger charge is 2.33. The first-order valence-corrected chi connectivity index (χ1v) is 7.25. The third-order valence-electron chi connectivity index (χ3n) is 3.00. The summed E-state index contributed by atoms with van der Waals surface area (Å²) in [6, 6.07) is 7.73. The molecule has 2 aromatic rings. The third-order valence-corrected chi connectivity index (χ3v) is 3.33. The number of hydrogen-bond acceptors (Lipinski definition) is 2. The molecule has 0 aliphatic heterocycles. The first-order chi connectivity index (χ1) is 11.6. The van der Waals surface area contributed by atoms with Crippen molar-refractivity contribution in [3.8, 4) is 0 Å². The van der Waals surface area contributed by atoms with Crippen LogP contribution in [0, 0.1) is 5.82 Å². The van der Waals surface area contributed by atoms with Gasteiger partial charge in [0, 0.05) is 11.4 Å². The molecule has 132 valence electrons. The summed E-state index contributed by atoms with van der Waals surface area (Å²) in [7, 11) is 0. The predicted molar refractivity (Wildman–Crippen MR) is 84.7 cm³/mol. The Morgan fingerprint density at radius 1 is 0.920 bits per heavy atom. The van der Waals surface area contributed by atoms with Gasteiger partial charge < -0.3 is 10.6 Å². The van der Waals surface area contributed by atoms with Gasteiger partial charge in [-0.2, -0.15) is 13.2 Å². The van der Waals surface area contributed by atoms with Crippen LogP contribution in [0.1, 0.15) is 12.0 Å². The van der Waals surface area contributed by atoms with Gasteiger partial charge in [-0.15, -0.1) is 0 Å². The number of anilines is 2. The molecule has 0 aliphatic carbocycles. The number of carbonyl (C=O) groups excluding carboxylic acids is 2. The highest BCUT2D eigenvalue weighted by Crippen LogP contribution is 2.36. The number of nitrogens with one attached hydrogen (secondary N) is 2. The number of carbonyl (C=O) groups is 2. The first kappa shape index (κ1) is 18.7. The van der Waals surface area contributed by atoms with Crippen molar-refractivity contribution < 1.29 is 27.2 Å². The summed E-state index contributed by atoms with van der Waals surface area (Å²) >= 11 is 5.48. The third kappa shape index (κ3) is 5.46. The van der Waals surface area contributed by atoms with E-state index in [4.69, 9.17) is 11.6 Å². The number of rotatable bonds is 4. The molecular formula is C16H11ClF4N2O2. The van der Waals surface area contributed by atoms with Crippen LogP contribution in [0.2, 0.25) is 5.02 Å². The predicted octanol–water partition coefficient (Wildman–Crippen LogP) is 4.47. The lowest BCUT2D eigenvalue weighted by Gasteiger charge is -2.12. The SMILES string of the molecule is O=C(CC(=O)Nc1ccc(Cl)c(C(F)(F)F)c1)Nc1ccc(F)cc1. The molecule has 2 rings (SSSR count). The number of benzene rings is 2. The fraction of sp³-hybridized carbons (Fsp3) is 0.125. The van der Waals surface area contributed by atoms with Crippen molar-refractivity contribution >= 4 is 34.8 Å². The Bertz CT molecular complexity index is 792. The lowest BCUT2D eigenvalue weighted by Crippen LogP contribution is -2.21. The molecule has 2 amide bonds. The van der Waals surface area contributed by atoms with Crippen LogP contribution in [0.4, 0.5) is 28.9 Å². The molecule has 9 heteroatoms.